The maximum atomic E-state index is 12.0. The molecule has 3 aromatic rings. The molecule has 1 unspecified atom stereocenters. The zero-order chi connectivity index (χ0) is 18.5. The molecule has 0 amide bonds. The van der Waals surface area contributed by atoms with E-state index in [0.29, 0.717) is 11.8 Å². The highest BCUT2D eigenvalue weighted by Gasteiger charge is 2.18. The third-order valence-corrected chi connectivity index (χ3v) is 4.69. The number of carbonyl (C=O) groups excluding carboxylic acids is 1. The Morgan fingerprint density at radius 3 is 2.58 bits per heavy atom. The highest BCUT2D eigenvalue weighted by molar-refractivity contribution is 7.13. The Balaban J connectivity index is 1.59. The van der Waals surface area contributed by atoms with Crippen LogP contribution in [0.5, 0.6) is 0 Å². The fraction of sp³-hybridized carbons (Fsp3) is 0.250. The summed E-state index contributed by atoms with van der Waals surface area (Å²) in [6.45, 7) is 5.99. The number of rotatable bonds is 6. The normalized spacial score (nSPS) is 12.6. The Kier molecular flexibility index (Phi) is 5.63. The standard InChI is InChI=1S/C20H20N2O3S/c1-13(2)16-9-6-15(7-10-16)8-11-18(23)24-14(3)19-21-22-20(25-19)17-5-4-12-26-17/h4-14H,1-3H3/b11-8+. The van der Waals surface area contributed by atoms with E-state index in [0.717, 1.165) is 10.4 Å². The number of nitrogens with zero attached hydrogens (tertiary/aromatic N) is 2. The molecule has 1 atom stereocenters. The molecule has 3 rings (SSSR count). The minimum absolute atomic E-state index is 0.274. The molecule has 0 radical (unpaired) electrons. The van der Waals surface area contributed by atoms with E-state index in [1.54, 1.807) is 13.0 Å². The fourth-order valence-corrected chi connectivity index (χ4v) is 2.96. The van der Waals surface area contributed by atoms with Gasteiger partial charge in [0.25, 0.3) is 11.8 Å². The van der Waals surface area contributed by atoms with Crippen molar-refractivity contribution < 1.29 is 13.9 Å². The summed E-state index contributed by atoms with van der Waals surface area (Å²) >= 11 is 1.51. The van der Waals surface area contributed by atoms with Gasteiger partial charge in [-0.3, -0.25) is 0 Å². The Morgan fingerprint density at radius 2 is 1.92 bits per heavy atom. The Hall–Kier alpha value is -2.73. The molecule has 0 aliphatic heterocycles. The summed E-state index contributed by atoms with van der Waals surface area (Å²) in [5, 5.41) is 9.88. The van der Waals surface area contributed by atoms with Gasteiger partial charge in [-0.15, -0.1) is 21.5 Å². The van der Waals surface area contributed by atoms with Crippen molar-refractivity contribution in [2.45, 2.75) is 32.8 Å². The third-order valence-electron chi connectivity index (χ3n) is 3.83. The molecule has 0 fully saturated rings. The number of carbonyl (C=O) groups is 1. The molecule has 2 aromatic heterocycles. The van der Waals surface area contributed by atoms with E-state index in [-0.39, 0.29) is 5.89 Å². The van der Waals surface area contributed by atoms with E-state index < -0.39 is 12.1 Å². The van der Waals surface area contributed by atoms with Crippen molar-refractivity contribution in [1.82, 2.24) is 10.2 Å². The molecule has 0 saturated carbocycles. The lowest BCUT2D eigenvalue weighted by molar-refractivity contribution is -0.143. The van der Waals surface area contributed by atoms with E-state index in [1.165, 1.54) is 23.0 Å². The van der Waals surface area contributed by atoms with E-state index >= 15 is 0 Å². The predicted molar refractivity (Wildman–Crippen MR) is 102 cm³/mol. The van der Waals surface area contributed by atoms with Crippen LogP contribution in [0.25, 0.3) is 16.8 Å². The second kappa shape index (κ2) is 8.10. The van der Waals surface area contributed by atoms with E-state index in [1.807, 2.05) is 29.6 Å². The number of ether oxygens (including phenoxy) is 1. The second-order valence-corrected chi connectivity index (χ2v) is 7.10. The van der Waals surface area contributed by atoms with Gasteiger partial charge in [-0.05, 0) is 41.5 Å². The van der Waals surface area contributed by atoms with E-state index in [4.69, 9.17) is 9.15 Å². The van der Waals surface area contributed by atoms with Crippen LogP contribution in [0.2, 0.25) is 0 Å². The molecular formula is C20H20N2O3S. The molecule has 6 heteroatoms. The number of benzene rings is 1. The number of esters is 1. The molecule has 0 spiro atoms. The lowest BCUT2D eigenvalue weighted by atomic mass is 10.0. The molecule has 26 heavy (non-hydrogen) atoms. The quantitative estimate of drug-likeness (QED) is 0.440. The summed E-state index contributed by atoms with van der Waals surface area (Å²) in [6.07, 6.45) is 2.51. The predicted octanol–water partition coefficient (Wildman–Crippen LogP) is 5.24. The summed E-state index contributed by atoms with van der Waals surface area (Å²) in [5.74, 6) is 0.726. The van der Waals surface area contributed by atoms with Crippen LogP contribution in [0.4, 0.5) is 0 Å². The maximum absolute atomic E-state index is 12.0. The minimum atomic E-state index is -0.614. The first-order valence-electron chi connectivity index (χ1n) is 8.39. The van der Waals surface area contributed by atoms with Gasteiger partial charge in [0, 0.05) is 6.08 Å². The van der Waals surface area contributed by atoms with Crippen LogP contribution in [-0.2, 0) is 9.53 Å². The Bertz CT molecular complexity index is 880. The molecule has 0 bridgehead atoms. The van der Waals surface area contributed by atoms with Gasteiger partial charge in [0.05, 0.1) is 4.88 Å². The van der Waals surface area contributed by atoms with Crippen LogP contribution >= 0.6 is 11.3 Å². The molecule has 2 heterocycles. The molecule has 134 valence electrons. The molecule has 0 N–H and O–H groups in total. The van der Waals surface area contributed by atoms with Crippen molar-refractivity contribution in [3.8, 4) is 10.8 Å². The van der Waals surface area contributed by atoms with Crippen molar-refractivity contribution in [1.29, 1.82) is 0 Å². The average molecular weight is 368 g/mol. The second-order valence-electron chi connectivity index (χ2n) is 6.16. The first-order valence-corrected chi connectivity index (χ1v) is 9.27. The lowest BCUT2D eigenvalue weighted by Crippen LogP contribution is -2.06. The third kappa shape index (κ3) is 4.46. The first kappa shape index (κ1) is 18.1. The van der Waals surface area contributed by atoms with Crippen molar-refractivity contribution in [3.05, 3.63) is 64.9 Å². The van der Waals surface area contributed by atoms with Crippen molar-refractivity contribution >= 4 is 23.4 Å². The first-order chi connectivity index (χ1) is 12.5. The van der Waals surface area contributed by atoms with Gasteiger partial charge in [-0.2, -0.15) is 0 Å². The smallest absolute Gasteiger partial charge is 0.331 e. The summed E-state index contributed by atoms with van der Waals surface area (Å²) in [5.41, 5.74) is 2.20. The van der Waals surface area contributed by atoms with Crippen LogP contribution in [0, 0.1) is 0 Å². The van der Waals surface area contributed by atoms with Crippen LogP contribution in [0.3, 0.4) is 0 Å². The van der Waals surface area contributed by atoms with Gasteiger partial charge < -0.3 is 9.15 Å². The molecule has 1 aromatic carbocycles. The van der Waals surface area contributed by atoms with Gasteiger partial charge in [-0.1, -0.05) is 44.2 Å². The number of thiophene rings is 1. The van der Waals surface area contributed by atoms with Gasteiger partial charge in [0.2, 0.25) is 0 Å². The van der Waals surface area contributed by atoms with Crippen molar-refractivity contribution in [2.24, 2.45) is 0 Å². The van der Waals surface area contributed by atoms with Gasteiger partial charge in [0.1, 0.15) is 0 Å². The lowest BCUT2D eigenvalue weighted by Gasteiger charge is -2.07. The van der Waals surface area contributed by atoms with Crippen molar-refractivity contribution in [2.75, 3.05) is 0 Å². The zero-order valence-corrected chi connectivity index (χ0v) is 15.7. The molecular weight excluding hydrogens is 348 g/mol. The monoisotopic (exact) mass is 368 g/mol. The average Bonchev–Trinajstić information content (AvgIpc) is 3.31. The summed E-state index contributed by atoms with van der Waals surface area (Å²) in [6, 6.07) is 11.9. The Labute approximate surface area is 156 Å². The molecule has 0 saturated heterocycles. The van der Waals surface area contributed by atoms with Crippen LogP contribution in [0.15, 0.2) is 52.3 Å². The topological polar surface area (TPSA) is 65.2 Å². The highest BCUT2D eigenvalue weighted by atomic mass is 32.1. The SMILES string of the molecule is CC(C)c1ccc(/C=C/C(=O)OC(C)c2nnc(-c3cccs3)o2)cc1. The van der Waals surface area contributed by atoms with Crippen LogP contribution < -0.4 is 0 Å². The molecule has 0 aliphatic carbocycles. The van der Waals surface area contributed by atoms with E-state index in [9.17, 15) is 4.79 Å². The minimum Gasteiger partial charge on any atom is -0.449 e. The molecule has 5 nitrogen and oxygen atoms in total. The zero-order valence-electron chi connectivity index (χ0n) is 14.9. The van der Waals surface area contributed by atoms with E-state index in [2.05, 4.69) is 36.2 Å². The van der Waals surface area contributed by atoms with Gasteiger partial charge in [-0.25, -0.2) is 4.79 Å². The fourth-order valence-electron chi connectivity index (χ4n) is 2.32. The van der Waals surface area contributed by atoms with Gasteiger partial charge >= 0.3 is 5.97 Å². The van der Waals surface area contributed by atoms with Crippen LogP contribution in [-0.4, -0.2) is 16.2 Å². The molecule has 0 aliphatic rings. The maximum Gasteiger partial charge on any atom is 0.331 e. The largest absolute Gasteiger partial charge is 0.449 e. The summed E-state index contributed by atoms with van der Waals surface area (Å²) in [4.78, 5) is 12.9. The Morgan fingerprint density at radius 1 is 1.15 bits per heavy atom. The number of aromatic nitrogens is 2. The van der Waals surface area contributed by atoms with Crippen LogP contribution in [0.1, 0.15) is 49.8 Å². The number of hydrogen-bond donors (Lipinski definition) is 0. The van der Waals surface area contributed by atoms with Gasteiger partial charge in [0.15, 0.2) is 6.10 Å². The number of hydrogen-bond acceptors (Lipinski definition) is 6. The van der Waals surface area contributed by atoms with Crippen molar-refractivity contribution in [3.63, 3.8) is 0 Å². The highest BCUT2D eigenvalue weighted by Crippen LogP contribution is 2.25. The summed E-state index contributed by atoms with van der Waals surface area (Å²) < 4.78 is 10.9. The summed E-state index contributed by atoms with van der Waals surface area (Å²) in [7, 11) is 0.